The van der Waals surface area contributed by atoms with E-state index >= 15 is 0 Å². The van der Waals surface area contributed by atoms with Crippen LogP contribution in [0.15, 0.2) is 52.6 Å². The lowest BCUT2D eigenvalue weighted by Gasteiger charge is -2.26. The Morgan fingerprint density at radius 1 is 1.23 bits per heavy atom. The molecule has 0 aliphatic carbocycles. The fourth-order valence-corrected chi connectivity index (χ4v) is 3.09. The van der Waals surface area contributed by atoms with Gasteiger partial charge in [-0.2, -0.15) is 0 Å². The fraction of sp³-hybridized carbons (Fsp3) is 0.143. The molecule has 0 radical (unpaired) electrons. The molecule has 0 saturated carbocycles. The number of rotatable bonds is 2. The summed E-state index contributed by atoms with van der Waals surface area (Å²) in [4.78, 5) is 13.7. The second-order valence-electron chi connectivity index (χ2n) is 4.69. The number of carbonyl (C=O) groups is 1. The third-order valence-corrected chi connectivity index (χ3v) is 4.50. The Morgan fingerprint density at radius 2 is 1.95 bits per heavy atom. The zero-order valence-corrected chi connectivity index (χ0v) is 12.8. The number of hydrogen-bond acceptors (Lipinski definition) is 5. The van der Waals surface area contributed by atoms with Crippen molar-refractivity contribution < 1.29 is 17.9 Å². The maximum absolute atomic E-state index is 12.1. The molecule has 0 bridgehead atoms. The quantitative estimate of drug-likeness (QED) is 0.606. The van der Waals surface area contributed by atoms with Gasteiger partial charge in [0.25, 0.3) is 10.0 Å². The fourth-order valence-electron chi connectivity index (χ4n) is 1.99. The van der Waals surface area contributed by atoms with Gasteiger partial charge in [0.1, 0.15) is 11.6 Å². The maximum Gasteiger partial charge on any atom is 0.345 e. The van der Waals surface area contributed by atoms with Crippen molar-refractivity contribution in [1.82, 2.24) is 4.90 Å². The summed E-state index contributed by atoms with van der Waals surface area (Å²) in [5.74, 6) is 0.0603. The molecular weight excluding hydrogens is 328 g/mol. The minimum Gasteiger partial charge on any atom is -0.423 e. The van der Waals surface area contributed by atoms with Gasteiger partial charge in [0.05, 0.1) is 11.3 Å². The standard InChI is InChI=1S/C14H11ClN2O4S/c15-11-2-4-12(5-3-11)21-14(18)10-1-6-13-16-22(19,20)8-7-17(13)9-10/h1-6,9H,7-8H2. The number of benzene rings is 1. The highest BCUT2D eigenvalue weighted by Crippen LogP contribution is 2.19. The number of carbonyl (C=O) groups excluding carboxylic acids is 1. The molecule has 0 aromatic heterocycles. The Kier molecular flexibility index (Phi) is 3.76. The van der Waals surface area contributed by atoms with Gasteiger partial charge in [-0.3, -0.25) is 0 Å². The van der Waals surface area contributed by atoms with Crippen LogP contribution in [0.1, 0.15) is 0 Å². The summed E-state index contributed by atoms with van der Waals surface area (Å²) in [6.45, 7) is 0.253. The van der Waals surface area contributed by atoms with E-state index in [1.54, 1.807) is 29.2 Å². The first-order valence-electron chi connectivity index (χ1n) is 6.40. The average Bonchev–Trinajstić information content (AvgIpc) is 2.48. The van der Waals surface area contributed by atoms with Crippen LogP contribution in [0.5, 0.6) is 5.75 Å². The molecule has 114 valence electrons. The van der Waals surface area contributed by atoms with Gasteiger partial charge < -0.3 is 9.64 Å². The molecule has 2 aliphatic rings. The predicted octanol–water partition coefficient (Wildman–Crippen LogP) is 1.74. The van der Waals surface area contributed by atoms with Crippen molar-refractivity contribution in [2.45, 2.75) is 0 Å². The molecule has 0 unspecified atom stereocenters. The summed E-state index contributed by atoms with van der Waals surface area (Å²) < 4.78 is 31.7. The van der Waals surface area contributed by atoms with Crippen LogP contribution in [0.25, 0.3) is 0 Å². The van der Waals surface area contributed by atoms with E-state index < -0.39 is 16.0 Å². The smallest absolute Gasteiger partial charge is 0.345 e. The van der Waals surface area contributed by atoms with Gasteiger partial charge in [-0.15, -0.1) is 4.40 Å². The van der Waals surface area contributed by atoms with Gasteiger partial charge >= 0.3 is 5.97 Å². The molecule has 0 amide bonds. The van der Waals surface area contributed by atoms with Crippen LogP contribution in [0, 0.1) is 0 Å². The van der Waals surface area contributed by atoms with E-state index in [0.29, 0.717) is 22.2 Å². The SMILES string of the molecule is O=C(Oc1ccc(Cl)cc1)C1=CN2CCS(=O)(=O)N=C2C=C1. The van der Waals surface area contributed by atoms with Gasteiger partial charge in [-0.05, 0) is 36.4 Å². The molecule has 0 atom stereocenters. The van der Waals surface area contributed by atoms with Crippen LogP contribution in [0.4, 0.5) is 0 Å². The molecule has 0 N–H and O–H groups in total. The number of amidine groups is 1. The molecule has 2 aliphatic heterocycles. The molecule has 3 rings (SSSR count). The largest absolute Gasteiger partial charge is 0.423 e. The van der Waals surface area contributed by atoms with Crippen molar-refractivity contribution in [2.75, 3.05) is 12.3 Å². The highest BCUT2D eigenvalue weighted by atomic mass is 35.5. The number of halogens is 1. The second-order valence-corrected chi connectivity index (χ2v) is 6.88. The van der Waals surface area contributed by atoms with Gasteiger partial charge in [-0.1, -0.05) is 11.6 Å². The van der Waals surface area contributed by atoms with Gasteiger partial charge in [0.2, 0.25) is 0 Å². The van der Waals surface area contributed by atoms with Crippen molar-refractivity contribution in [2.24, 2.45) is 4.40 Å². The van der Waals surface area contributed by atoms with Crippen molar-refractivity contribution in [3.63, 3.8) is 0 Å². The summed E-state index contributed by atoms with van der Waals surface area (Å²) in [6.07, 6.45) is 4.50. The van der Waals surface area contributed by atoms with E-state index in [9.17, 15) is 13.2 Å². The average molecular weight is 339 g/mol. The third kappa shape index (κ3) is 3.20. The number of esters is 1. The first kappa shape index (κ1) is 14.8. The molecule has 0 saturated heterocycles. The van der Waals surface area contributed by atoms with E-state index in [2.05, 4.69) is 4.40 Å². The van der Waals surface area contributed by atoms with E-state index in [1.807, 2.05) is 0 Å². The zero-order chi connectivity index (χ0) is 15.7. The van der Waals surface area contributed by atoms with E-state index in [1.165, 1.54) is 18.4 Å². The van der Waals surface area contributed by atoms with E-state index in [-0.39, 0.29) is 12.3 Å². The summed E-state index contributed by atoms with van der Waals surface area (Å²) in [5, 5.41) is 0.548. The summed E-state index contributed by atoms with van der Waals surface area (Å²) in [7, 11) is -3.41. The summed E-state index contributed by atoms with van der Waals surface area (Å²) in [6, 6.07) is 6.42. The van der Waals surface area contributed by atoms with E-state index in [4.69, 9.17) is 16.3 Å². The normalized spacial score (nSPS) is 19.0. The lowest BCUT2D eigenvalue weighted by atomic mass is 10.2. The minimum atomic E-state index is -3.41. The Bertz CT molecular complexity index is 810. The predicted molar refractivity (Wildman–Crippen MR) is 82.2 cm³/mol. The maximum atomic E-state index is 12.1. The van der Waals surface area contributed by atoms with E-state index in [0.717, 1.165) is 0 Å². The number of sulfonamides is 1. The van der Waals surface area contributed by atoms with Crippen LogP contribution >= 0.6 is 11.6 Å². The van der Waals surface area contributed by atoms with Gasteiger partial charge in [0, 0.05) is 17.8 Å². The van der Waals surface area contributed by atoms with Crippen molar-refractivity contribution in [1.29, 1.82) is 0 Å². The summed E-state index contributed by atoms with van der Waals surface area (Å²) in [5.41, 5.74) is 0.313. The highest BCUT2D eigenvalue weighted by molar-refractivity contribution is 7.90. The van der Waals surface area contributed by atoms with Gasteiger partial charge in [0.15, 0.2) is 0 Å². The van der Waals surface area contributed by atoms with Crippen LogP contribution in [0.2, 0.25) is 5.02 Å². The van der Waals surface area contributed by atoms with Crippen molar-refractivity contribution in [3.8, 4) is 5.75 Å². The van der Waals surface area contributed by atoms with Crippen molar-refractivity contribution >= 4 is 33.4 Å². The first-order valence-corrected chi connectivity index (χ1v) is 8.39. The summed E-state index contributed by atoms with van der Waals surface area (Å²) >= 11 is 5.76. The zero-order valence-electron chi connectivity index (χ0n) is 11.3. The minimum absolute atomic E-state index is 0.0830. The molecule has 22 heavy (non-hydrogen) atoms. The van der Waals surface area contributed by atoms with Crippen molar-refractivity contribution in [3.05, 3.63) is 53.2 Å². The molecule has 1 aromatic rings. The molecule has 8 heteroatoms. The van der Waals surface area contributed by atoms with Crippen LogP contribution < -0.4 is 4.74 Å². The molecular formula is C14H11ClN2O4S. The monoisotopic (exact) mass is 338 g/mol. The Morgan fingerprint density at radius 3 is 2.68 bits per heavy atom. The number of nitrogens with zero attached hydrogens (tertiary/aromatic N) is 2. The van der Waals surface area contributed by atoms with Crippen LogP contribution in [-0.2, 0) is 14.8 Å². The second kappa shape index (κ2) is 5.58. The number of fused-ring (bicyclic) bond motifs is 1. The number of hydrogen-bond donors (Lipinski definition) is 0. The lowest BCUT2D eigenvalue weighted by Crippen LogP contribution is -2.37. The molecule has 6 nitrogen and oxygen atoms in total. The lowest BCUT2D eigenvalue weighted by molar-refractivity contribution is -0.129. The molecule has 1 aromatic carbocycles. The van der Waals surface area contributed by atoms with Crippen LogP contribution in [-0.4, -0.2) is 37.4 Å². The molecule has 0 spiro atoms. The molecule has 2 heterocycles. The Balaban J connectivity index is 1.77. The van der Waals surface area contributed by atoms with Crippen LogP contribution in [0.3, 0.4) is 0 Å². The number of ether oxygens (including phenoxy) is 1. The first-order chi connectivity index (χ1) is 10.4. The topological polar surface area (TPSA) is 76.0 Å². The molecule has 0 fully saturated rings. The van der Waals surface area contributed by atoms with Gasteiger partial charge in [-0.25, -0.2) is 13.2 Å². The Hall–Kier alpha value is -2.12. The Labute approximate surface area is 132 Å². The third-order valence-electron chi connectivity index (χ3n) is 3.08. The highest BCUT2D eigenvalue weighted by Gasteiger charge is 2.25.